The Hall–Kier alpha value is -0.880. The smallest absolute Gasteiger partial charge is 0.211 e. The van der Waals surface area contributed by atoms with E-state index in [9.17, 15) is 8.42 Å². The van der Waals surface area contributed by atoms with E-state index in [1.807, 2.05) is 7.05 Å². The van der Waals surface area contributed by atoms with Crippen LogP contribution in [-0.4, -0.2) is 35.3 Å². The maximum absolute atomic E-state index is 11.3. The Labute approximate surface area is 83.4 Å². The van der Waals surface area contributed by atoms with Gasteiger partial charge in [0.1, 0.15) is 6.20 Å². The van der Waals surface area contributed by atoms with Gasteiger partial charge in [0.15, 0.2) is 0 Å². The maximum atomic E-state index is 11.3. The lowest BCUT2D eigenvalue weighted by Gasteiger charge is -2.24. The van der Waals surface area contributed by atoms with E-state index < -0.39 is 10.0 Å². The molecule has 0 amide bonds. The van der Waals surface area contributed by atoms with Gasteiger partial charge in [-0.25, -0.2) is 8.42 Å². The van der Waals surface area contributed by atoms with Gasteiger partial charge >= 0.3 is 0 Å². The summed E-state index contributed by atoms with van der Waals surface area (Å²) in [5, 5.41) is 3.98. The lowest BCUT2D eigenvalue weighted by molar-refractivity contribution is 0.389. The van der Waals surface area contributed by atoms with Crippen LogP contribution in [0.1, 0.15) is 11.3 Å². The largest absolute Gasteiger partial charge is 0.272 e. The van der Waals surface area contributed by atoms with Crippen LogP contribution in [-0.2, 0) is 30.0 Å². The lowest BCUT2D eigenvalue weighted by Crippen LogP contribution is -2.35. The molecule has 1 aromatic rings. The van der Waals surface area contributed by atoms with Crippen molar-refractivity contribution < 1.29 is 8.42 Å². The zero-order valence-electron chi connectivity index (χ0n) is 8.19. The molecule has 0 N–H and O–H groups in total. The van der Waals surface area contributed by atoms with Crippen molar-refractivity contribution in [3.05, 3.63) is 17.5 Å². The molecule has 0 aliphatic carbocycles. The van der Waals surface area contributed by atoms with Crippen molar-refractivity contribution in [2.24, 2.45) is 7.05 Å². The summed E-state index contributed by atoms with van der Waals surface area (Å²) in [6.45, 7) is 0.946. The number of aromatic nitrogens is 2. The minimum absolute atomic E-state index is 0.405. The molecule has 6 heteroatoms. The van der Waals surface area contributed by atoms with E-state index in [1.54, 1.807) is 4.68 Å². The van der Waals surface area contributed by atoms with Gasteiger partial charge in [-0.15, -0.1) is 0 Å². The van der Waals surface area contributed by atoms with E-state index in [2.05, 4.69) is 11.3 Å². The molecule has 1 radical (unpaired) electrons. The van der Waals surface area contributed by atoms with Crippen molar-refractivity contribution in [1.29, 1.82) is 0 Å². The zero-order chi connectivity index (χ0) is 10.3. The molecule has 0 spiro atoms. The summed E-state index contributed by atoms with van der Waals surface area (Å²) < 4.78 is 25.8. The summed E-state index contributed by atoms with van der Waals surface area (Å²) >= 11 is 0. The second kappa shape index (κ2) is 3.06. The Balaban J connectivity index is 2.31. The number of hydrogen-bond acceptors (Lipinski definition) is 3. The predicted molar refractivity (Wildman–Crippen MR) is 51.0 cm³/mol. The van der Waals surface area contributed by atoms with Gasteiger partial charge in [0.25, 0.3) is 0 Å². The molecule has 14 heavy (non-hydrogen) atoms. The fourth-order valence-corrected chi connectivity index (χ4v) is 2.45. The van der Waals surface area contributed by atoms with Crippen LogP contribution in [0.3, 0.4) is 0 Å². The Kier molecular flexibility index (Phi) is 2.11. The molecule has 0 saturated heterocycles. The van der Waals surface area contributed by atoms with E-state index in [-0.39, 0.29) is 0 Å². The van der Waals surface area contributed by atoms with Crippen molar-refractivity contribution in [2.45, 2.75) is 13.0 Å². The molecule has 1 aliphatic heterocycles. The molecular weight excluding hydrogens is 202 g/mol. The first-order valence-corrected chi connectivity index (χ1v) is 6.21. The molecule has 5 nitrogen and oxygen atoms in total. The summed E-state index contributed by atoms with van der Waals surface area (Å²) in [6, 6.07) is 0. The van der Waals surface area contributed by atoms with Gasteiger partial charge < -0.3 is 0 Å². The molecule has 0 saturated carbocycles. The van der Waals surface area contributed by atoms with Crippen LogP contribution in [0, 0.1) is 6.20 Å². The molecule has 1 aromatic heterocycles. The van der Waals surface area contributed by atoms with Crippen LogP contribution in [0.5, 0.6) is 0 Å². The highest BCUT2D eigenvalue weighted by atomic mass is 32.2. The van der Waals surface area contributed by atoms with Crippen LogP contribution in [0.15, 0.2) is 0 Å². The minimum atomic E-state index is -3.08. The molecular formula is C8H12N3O2S. The standard InChI is InChI=1S/C8H12N3O2S/c1-10-8-3-4-11(14(2,12)13)6-7(8)5-9-10/h3-4,6H2,1-2H3. The van der Waals surface area contributed by atoms with E-state index >= 15 is 0 Å². The predicted octanol–water partition coefficient (Wildman–Crippen LogP) is -0.462. The number of aryl methyl sites for hydroxylation is 1. The van der Waals surface area contributed by atoms with E-state index in [1.165, 1.54) is 10.6 Å². The fraction of sp³-hybridized carbons (Fsp3) is 0.625. The number of fused-ring (bicyclic) bond motifs is 1. The number of hydrogen-bond donors (Lipinski definition) is 0. The first-order valence-electron chi connectivity index (χ1n) is 4.36. The van der Waals surface area contributed by atoms with Gasteiger partial charge in [-0.05, 0) is 0 Å². The van der Waals surface area contributed by atoms with Gasteiger partial charge in [-0.3, -0.25) is 4.68 Å². The normalized spacial score (nSPS) is 18.1. The van der Waals surface area contributed by atoms with E-state index in [4.69, 9.17) is 0 Å². The van der Waals surface area contributed by atoms with Gasteiger partial charge in [0, 0.05) is 37.8 Å². The molecule has 2 rings (SSSR count). The van der Waals surface area contributed by atoms with Crippen molar-refractivity contribution in [1.82, 2.24) is 14.1 Å². The quantitative estimate of drug-likeness (QED) is 0.635. The topological polar surface area (TPSA) is 55.2 Å². The first-order chi connectivity index (χ1) is 6.48. The third kappa shape index (κ3) is 1.55. The van der Waals surface area contributed by atoms with Crippen molar-refractivity contribution in [3.8, 4) is 0 Å². The molecule has 2 heterocycles. The SMILES string of the molecule is Cn1n[c]c2c1CCN(S(C)(=O)=O)C2. The average Bonchev–Trinajstić information content (AvgIpc) is 2.46. The summed E-state index contributed by atoms with van der Waals surface area (Å²) in [5.41, 5.74) is 1.98. The number of sulfonamides is 1. The molecule has 0 atom stereocenters. The van der Waals surface area contributed by atoms with Crippen LogP contribution in [0.25, 0.3) is 0 Å². The molecule has 0 aromatic carbocycles. The van der Waals surface area contributed by atoms with Crippen molar-refractivity contribution in [2.75, 3.05) is 12.8 Å². The van der Waals surface area contributed by atoms with Crippen LogP contribution < -0.4 is 0 Å². The molecule has 0 fully saturated rings. The highest BCUT2D eigenvalue weighted by Gasteiger charge is 2.25. The minimum Gasteiger partial charge on any atom is -0.272 e. The van der Waals surface area contributed by atoms with Crippen molar-refractivity contribution >= 4 is 10.0 Å². The van der Waals surface area contributed by atoms with Gasteiger partial charge in [-0.1, -0.05) is 0 Å². The third-order valence-corrected chi connectivity index (χ3v) is 3.73. The fourth-order valence-electron chi connectivity index (χ4n) is 1.66. The van der Waals surface area contributed by atoms with Crippen molar-refractivity contribution in [3.63, 3.8) is 0 Å². The molecule has 0 unspecified atom stereocenters. The summed E-state index contributed by atoms with van der Waals surface area (Å²) in [6.07, 6.45) is 4.78. The van der Waals surface area contributed by atoms with E-state index in [0.717, 1.165) is 17.7 Å². The van der Waals surface area contributed by atoms with Crippen LogP contribution in [0.2, 0.25) is 0 Å². The Morgan fingerprint density at radius 3 is 2.86 bits per heavy atom. The number of nitrogens with zero attached hydrogens (tertiary/aromatic N) is 3. The molecule has 77 valence electrons. The highest BCUT2D eigenvalue weighted by Crippen LogP contribution is 2.18. The van der Waals surface area contributed by atoms with Crippen LogP contribution >= 0.6 is 0 Å². The maximum Gasteiger partial charge on any atom is 0.211 e. The summed E-state index contributed by atoms with van der Waals surface area (Å²) in [5.74, 6) is 0. The third-order valence-electron chi connectivity index (χ3n) is 2.48. The average molecular weight is 214 g/mol. The highest BCUT2D eigenvalue weighted by molar-refractivity contribution is 7.88. The zero-order valence-corrected chi connectivity index (χ0v) is 9.00. The second-order valence-corrected chi connectivity index (χ2v) is 5.49. The molecule has 0 bridgehead atoms. The Morgan fingerprint density at radius 2 is 2.21 bits per heavy atom. The van der Waals surface area contributed by atoms with Gasteiger partial charge in [0.2, 0.25) is 10.0 Å². The summed E-state index contributed by atoms with van der Waals surface area (Å²) in [4.78, 5) is 0. The van der Waals surface area contributed by atoms with Gasteiger partial charge in [0.05, 0.1) is 6.26 Å². The Bertz CT molecular complexity index is 449. The lowest BCUT2D eigenvalue weighted by atomic mass is 10.1. The van der Waals surface area contributed by atoms with Gasteiger partial charge in [-0.2, -0.15) is 9.40 Å². The Morgan fingerprint density at radius 1 is 1.50 bits per heavy atom. The second-order valence-electron chi connectivity index (χ2n) is 3.51. The first kappa shape index (κ1) is 9.67. The monoisotopic (exact) mass is 214 g/mol. The van der Waals surface area contributed by atoms with Crippen LogP contribution in [0.4, 0.5) is 0 Å². The summed E-state index contributed by atoms with van der Waals surface area (Å²) in [7, 11) is -1.23. The number of rotatable bonds is 1. The van der Waals surface area contributed by atoms with E-state index in [0.29, 0.717) is 13.1 Å². The molecule has 1 aliphatic rings.